The molecule has 0 N–H and O–H groups in total. The molecule has 0 bridgehead atoms. The second-order valence-electron chi connectivity index (χ2n) is 6.63. The summed E-state index contributed by atoms with van der Waals surface area (Å²) in [6, 6.07) is 9.13. The first-order chi connectivity index (χ1) is 13.3. The molecule has 6 nitrogen and oxygen atoms in total. The van der Waals surface area contributed by atoms with Crippen LogP contribution in [0.15, 0.2) is 30.3 Å². The maximum atomic E-state index is 12.9. The number of ether oxygens (including phenoxy) is 1. The molecule has 0 aliphatic carbocycles. The first-order valence-corrected chi connectivity index (χ1v) is 10.2. The first kappa shape index (κ1) is 20.5. The van der Waals surface area contributed by atoms with Crippen molar-refractivity contribution in [3.63, 3.8) is 0 Å². The van der Waals surface area contributed by atoms with Gasteiger partial charge in [-0.25, -0.2) is 0 Å². The molecule has 1 aromatic heterocycles. The van der Waals surface area contributed by atoms with Crippen molar-refractivity contribution in [3.8, 4) is 5.69 Å². The number of thioether (sulfide) groups is 1. The summed E-state index contributed by atoms with van der Waals surface area (Å²) >= 11 is 7.13. The largest absolute Gasteiger partial charge is 0.453 e. The highest BCUT2D eigenvalue weighted by molar-refractivity contribution is 8.13. The van der Waals surface area contributed by atoms with Gasteiger partial charge in [0.15, 0.2) is 6.10 Å². The fraction of sp³-hybridized carbons (Fsp3) is 0.350. The molecule has 28 heavy (non-hydrogen) atoms. The van der Waals surface area contributed by atoms with Crippen LogP contribution in [0.1, 0.15) is 28.7 Å². The minimum absolute atomic E-state index is 0.132. The van der Waals surface area contributed by atoms with Crippen LogP contribution >= 0.6 is 23.4 Å². The van der Waals surface area contributed by atoms with Crippen LogP contribution in [0.25, 0.3) is 5.69 Å². The molecular weight excluding hydrogens is 400 g/mol. The maximum Gasteiger partial charge on any atom is 0.326 e. The summed E-state index contributed by atoms with van der Waals surface area (Å²) in [6.07, 6.45) is -0.933. The summed E-state index contributed by atoms with van der Waals surface area (Å²) in [5.41, 5.74) is 3.05. The molecule has 1 aliphatic heterocycles. The number of carbonyl (C=O) groups is 3. The van der Waals surface area contributed by atoms with E-state index >= 15 is 0 Å². The molecule has 0 unspecified atom stereocenters. The molecule has 0 saturated carbocycles. The minimum atomic E-state index is -0.933. The molecule has 0 radical (unpaired) electrons. The Kier molecular flexibility index (Phi) is 6.15. The lowest BCUT2D eigenvalue weighted by Gasteiger charge is -2.17. The van der Waals surface area contributed by atoms with E-state index in [-0.39, 0.29) is 17.6 Å². The predicted molar refractivity (Wildman–Crippen MR) is 110 cm³/mol. The highest BCUT2D eigenvalue weighted by Crippen LogP contribution is 2.24. The molecule has 8 heteroatoms. The van der Waals surface area contributed by atoms with E-state index < -0.39 is 12.1 Å². The van der Waals surface area contributed by atoms with E-state index in [9.17, 15) is 14.4 Å². The Morgan fingerprint density at radius 3 is 2.54 bits per heavy atom. The number of amides is 1. The van der Waals surface area contributed by atoms with Gasteiger partial charge < -0.3 is 14.2 Å². The summed E-state index contributed by atoms with van der Waals surface area (Å²) in [5, 5.41) is 0.500. The van der Waals surface area contributed by atoms with Gasteiger partial charge in [0.25, 0.3) is 5.24 Å². The van der Waals surface area contributed by atoms with Gasteiger partial charge in [-0.15, -0.1) is 0 Å². The summed E-state index contributed by atoms with van der Waals surface area (Å²) in [6.45, 7) is 5.70. The minimum Gasteiger partial charge on any atom is -0.453 e. The summed E-state index contributed by atoms with van der Waals surface area (Å²) in [4.78, 5) is 38.0. The third-order valence-corrected chi connectivity index (χ3v) is 5.77. The normalized spacial score (nSPS) is 15.0. The van der Waals surface area contributed by atoms with Gasteiger partial charge in [-0.1, -0.05) is 23.4 Å². The van der Waals surface area contributed by atoms with Crippen molar-refractivity contribution in [2.24, 2.45) is 0 Å². The highest BCUT2D eigenvalue weighted by Gasteiger charge is 2.27. The van der Waals surface area contributed by atoms with Crippen LogP contribution in [-0.2, 0) is 9.53 Å². The number of nitrogens with zero attached hydrogens (tertiary/aromatic N) is 2. The van der Waals surface area contributed by atoms with E-state index in [0.29, 0.717) is 22.9 Å². The van der Waals surface area contributed by atoms with Gasteiger partial charge >= 0.3 is 5.97 Å². The number of Topliss-reactive ketones (excluding diaryl/α,β-unsaturated/α-hetero) is 1. The van der Waals surface area contributed by atoms with Crippen LogP contribution in [-0.4, -0.2) is 51.4 Å². The molecule has 1 fully saturated rings. The van der Waals surface area contributed by atoms with Gasteiger partial charge in [0.05, 0.1) is 0 Å². The fourth-order valence-corrected chi connectivity index (χ4v) is 4.18. The Hall–Kier alpha value is -2.25. The monoisotopic (exact) mass is 420 g/mol. The molecule has 1 aliphatic rings. The number of ketones is 1. The van der Waals surface area contributed by atoms with E-state index in [2.05, 4.69) is 0 Å². The standard InChI is InChI=1S/C20H21ClN2O4S/c1-12-10-17(13(2)23(12)16-6-4-15(21)5-7-16)19(25)14(3)27-18(24)11-22-8-9-28-20(22)26/h4-7,10,14H,8-9,11H2,1-3H3/t14-/m1/s1. The Bertz CT molecular complexity index is 923. The Labute approximate surface area is 172 Å². The van der Waals surface area contributed by atoms with Crippen LogP contribution in [0, 0.1) is 13.8 Å². The molecule has 1 saturated heterocycles. The molecule has 1 atom stereocenters. The smallest absolute Gasteiger partial charge is 0.326 e. The Morgan fingerprint density at radius 2 is 1.93 bits per heavy atom. The zero-order chi connectivity index (χ0) is 20.4. The van der Waals surface area contributed by atoms with Gasteiger partial charge in [-0.2, -0.15) is 0 Å². The first-order valence-electron chi connectivity index (χ1n) is 8.88. The van der Waals surface area contributed by atoms with Gasteiger partial charge in [0.1, 0.15) is 6.54 Å². The average molecular weight is 421 g/mol. The number of hydrogen-bond donors (Lipinski definition) is 0. The second kappa shape index (κ2) is 8.41. The maximum absolute atomic E-state index is 12.9. The Morgan fingerprint density at radius 1 is 1.25 bits per heavy atom. The van der Waals surface area contributed by atoms with Gasteiger partial charge in [0.2, 0.25) is 5.78 Å². The molecule has 3 rings (SSSR count). The SMILES string of the molecule is Cc1cc(C(=O)[C@@H](C)OC(=O)CN2CCSC2=O)c(C)n1-c1ccc(Cl)cc1. The third kappa shape index (κ3) is 4.25. The molecule has 148 valence electrons. The summed E-state index contributed by atoms with van der Waals surface area (Å²) in [7, 11) is 0. The number of halogens is 1. The lowest BCUT2D eigenvalue weighted by molar-refractivity contribution is -0.146. The van der Waals surface area contributed by atoms with E-state index in [4.69, 9.17) is 16.3 Å². The van der Waals surface area contributed by atoms with E-state index in [1.807, 2.05) is 30.5 Å². The number of carbonyl (C=O) groups excluding carboxylic acids is 3. The summed E-state index contributed by atoms with van der Waals surface area (Å²) in [5.74, 6) is -0.191. The van der Waals surface area contributed by atoms with Crippen molar-refractivity contribution < 1.29 is 19.1 Å². The van der Waals surface area contributed by atoms with Crippen molar-refractivity contribution in [2.45, 2.75) is 26.9 Å². The van der Waals surface area contributed by atoms with E-state index in [1.165, 1.54) is 16.7 Å². The van der Waals surface area contributed by atoms with Crippen LogP contribution in [0.4, 0.5) is 4.79 Å². The van der Waals surface area contributed by atoms with Gasteiger partial charge in [0, 0.05) is 40.0 Å². The molecule has 0 spiro atoms. The van der Waals surface area contributed by atoms with Crippen molar-refractivity contribution in [1.29, 1.82) is 0 Å². The third-order valence-electron chi connectivity index (χ3n) is 4.62. The molecule has 1 aromatic carbocycles. The Balaban J connectivity index is 1.73. The average Bonchev–Trinajstić information content (AvgIpc) is 3.18. The van der Waals surface area contributed by atoms with Gasteiger partial charge in [-0.3, -0.25) is 14.4 Å². The quantitative estimate of drug-likeness (QED) is 0.521. The molecule has 2 aromatic rings. The molecule has 2 heterocycles. The highest BCUT2D eigenvalue weighted by atomic mass is 35.5. The van der Waals surface area contributed by atoms with Gasteiger partial charge in [-0.05, 0) is 51.1 Å². The van der Waals surface area contributed by atoms with Crippen molar-refractivity contribution in [3.05, 3.63) is 52.3 Å². The number of benzene rings is 1. The second-order valence-corrected chi connectivity index (χ2v) is 8.11. The zero-order valence-corrected chi connectivity index (χ0v) is 17.5. The molecule has 1 amide bonds. The zero-order valence-electron chi connectivity index (χ0n) is 15.9. The van der Waals surface area contributed by atoms with Crippen LogP contribution in [0.3, 0.4) is 0 Å². The van der Waals surface area contributed by atoms with Crippen molar-refractivity contribution in [1.82, 2.24) is 9.47 Å². The lowest BCUT2D eigenvalue weighted by Crippen LogP contribution is -2.34. The molecular formula is C20H21ClN2O4S. The predicted octanol–water partition coefficient (Wildman–Crippen LogP) is 4.03. The topological polar surface area (TPSA) is 68.6 Å². The number of aromatic nitrogens is 1. The number of rotatable bonds is 6. The fourth-order valence-electron chi connectivity index (χ4n) is 3.23. The van der Waals surface area contributed by atoms with Crippen molar-refractivity contribution in [2.75, 3.05) is 18.8 Å². The van der Waals surface area contributed by atoms with Crippen LogP contribution < -0.4 is 0 Å². The summed E-state index contributed by atoms with van der Waals surface area (Å²) < 4.78 is 7.24. The number of esters is 1. The number of hydrogen-bond acceptors (Lipinski definition) is 5. The van der Waals surface area contributed by atoms with Crippen molar-refractivity contribution >= 4 is 40.4 Å². The number of aryl methyl sites for hydroxylation is 1. The van der Waals surface area contributed by atoms with E-state index in [0.717, 1.165) is 17.1 Å². The lowest BCUT2D eigenvalue weighted by atomic mass is 10.1. The van der Waals surface area contributed by atoms with E-state index in [1.54, 1.807) is 25.1 Å². The van der Waals surface area contributed by atoms with Crippen LogP contribution in [0.5, 0.6) is 0 Å². The van der Waals surface area contributed by atoms with Crippen LogP contribution in [0.2, 0.25) is 5.02 Å².